The molecule has 2 N–H and O–H groups in total. The zero-order valence-corrected chi connectivity index (χ0v) is 8.82. The van der Waals surface area contributed by atoms with Gasteiger partial charge in [-0.15, -0.1) is 0 Å². The maximum absolute atomic E-state index is 12.8. The highest BCUT2D eigenvalue weighted by Gasteiger charge is 2.29. The van der Waals surface area contributed by atoms with Crippen molar-refractivity contribution in [3.05, 3.63) is 18.3 Å². The number of anilines is 1. The van der Waals surface area contributed by atoms with Gasteiger partial charge in [0.25, 0.3) is 0 Å². The number of ether oxygens (including phenoxy) is 1. The van der Waals surface area contributed by atoms with Crippen molar-refractivity contribution < 1.29 is 14.2 Å². The topological polar surface area (TPSA) is 67.3 Å². The molecule has 0 aromatic carbocycles. The first kappa shape index (κ1) is 11.2. The van der Waals surface area contributed by atoms with Gasteiger partial charge in [-0.25, -0.2) is 9.97 Å². The van der Waals surface area contributed by atoms with Gasteiger partial charge in [0.15, 0.2) is 0 Å². The van der Waals surface area contributed by atoms with Crippen molar-refractivity contribution in [2.45, 2.75) is 18.4 Å². The number of halogens is 1. The van der Waals surface area contributed by atoms with Crippen molar-refractivity contribution in [2.75, 3.05) is 25.1 Å². The Morgan fingerprint density at radius 3 is 2.88 bits per heavy atom. The van der Waals surface area contributed by atoms with Gasteiger partial charge in [-0.05, 0) is 0 Å². The Balaban J connectivity index is 1.91. The lowest BCUT2D eigenvalue weighted by Gasteiger charge is -2.32. The van der Waals surface area contributed by atoms with Crippen LogP contribution in [0.15, 0.2) is 12.4 Å². The zero-order chi connectivity index (χ0) is 11.4. The van der Waals surface area contributed by atoms with Crippen molar-refractivity contribution in [3.63, 3.8) is 0 Å². The first-order valence-corrected chi connectivity index (χ1v) is 5.20. The molecule has 0 aliphatic carbocycles. The maximum atomic E-state index is 12.8. The monoisotopic (exact) mass is 227 g/mol. The smallest absolute Gasteiger partial charge is 0.217 e. The Morgan fingerprint density at radius 2 is 2.19 bits per heavy atom. The van der Waals surface area contributed by atoms with Gasteiger partial charge >= 0.3 is 0 Å². The average Bonchev–Trinajstić information content (AvgIpc) is 2.28. The third kappa shape index (κ3) is 2.86. The molecule has 16 heavy (non-hydrogen) atoms. The highest BCUT2D eigenvalue weighted by Crippen LogP contribution is 2.20. The fourth-order valence-electron chi connectivity index (χ4n) is 1.61. The van der Waals surface area contributed by atoms with Crippen LogP contribution in [0.25, 0.3) is 0 Å². The van der Waals surface area contributed by atoms with Gasteiger partial charge in [0.2, 0.25) is 5.95 Å². The average molecular weight is 227 g/mol. The van der Waals surface area contributed by atoms with Crippen molar-refractivity contribution in [2.24, 2.45) is 0 Å². The highest BCUT2D eigenvalue weighted by molar-refractivity contribution is 5.32. The van der Waals surface area contributed by atoms with Crippen LogP contribution in [0, 0.1) is 5.95 Å². The van der Waals surface area contributed by atoms with Crippen LogP contribution in [0.4, 0.5) is 10.2 Å². The fourth-order valence-corrected chi connectivity index (χ4v) is 1.61. The second-order valence-electron chi connectivity index (χ2n) is 3.92. The van der Waals surface area contributed by atoms with Crippen molar-refractivity contribution >= 4 is 5.82 Å². The lowest BCUT2D eigenvalue weighted by molar-refractivity contribution is -0.0543. The van der Waals surface area contributed by atoms with Gasteiger partial charge in [-0.1, -0.05) is 0 Å². The van der Waals surface area contributed by atoms with Crippen molar-refractivity contribution in [3.8, 4) is 0 Å². The van der Waals surface area contributed by atoms with Crippen LogP contribution in [0.1, 0.15) is 12.8 Å². The van der Waals surface area contributed by atoms with Crippen LogP contribution in [-0.2, 0) is 4.74 Å². The standard InChI is InChI=1S/C10H14FN3O2/c11-8-5-9(14-7-13-8)12-6-10(15)1-3-16-4-2-10/h5,7,15H,1-4,6H2,(H,12,13,14). The van der Waals surface area contributed by atoms with Crippen LogP contribution >= 0.6 is 0 Å². The molecule has 0 atom stereocenters. The summed E-state index contributed by atoms with van der Waals surface area (Å²) >= 11 is 0. The summed E-state index contributed by atoms with van der Waals surface area (Å²) in [6, 6.07) is 1.20. The summed E-state index contributed by atoms with van der Waals surface area (Å²) in [6.45, 7) is 1.44. The molecule has 1 aromatic rings. The van der Waals surface area contributed by atoms with E-state index in [2.05, 4.69) is 15.3 Å². The molecule has 1 aromatic heterocycles. The van der Waals surface area contributed by atoms with E-state index in [1.165, 1.54) is 6.07 Å². The minimum absolute atomic E-state index is 0.340. The van der Waals surface area contributed by atoms with E-state index in [4.69, 9.17) is 4.74 Å². The summed E-state index contributed by atoms with van der Waals surface area (Å²) in [5, 5.41) is 13.0. The lowest BCUT2D eigenvalue weighted by Crippen LogP contribution is -2.42. The molecule has 5 nitrogen and oxygen atoms in total. The molecule has 0 saturated carbocycles. The van der Waals surface area contributed by atoms with Crippen LogP contribution < -0.4 is 5.32 Å². The third-order valence-electron chi connectivity index (χ3n) is 2.66. The molecule has 0 amide bonds. The summed E-state index contributed by atoms with van der Waals surface area (Å²) in [4.78, 5) is 7.20. The molecular formula is C10H14FN3O2. The number of rotatable bonds is 3. The van der Waals surface area contributed by atoms with Gasteiger partial charge in [-0.3, -0.25) is 0 Å². The number of aliphatic hydroxyl groups is 1. The maximum Gasteiger partial charge on any atom is 0.217 e. The molecule has 1 saturated heterocycles. The van der Waals surface area contributed by atoms with E-state index in [0.717, 1.165) is 6.33 Å². The van der Waals surface area contributed by atoms with Gasteiger partial charge < -0.3 is 15.2 Å². The molecule has 1 aliphatic rings. The van der Waals surface area contributed by atoms with Crippen molar-refractivity contribution in [1.82, 2.24) is 9.97 Å². The molecule has 0 radical (unpaired) electrons. The molecule has 0 bridgehead atoms. The predicted octanol–water partition coefficient (Wildman–Crippen LogP) is 0.569. The second-order valence-corrected chi connectivity index (χ2v) is 3.92. The Bertz CT molecular complexity index is 356. The summed E-state index contributed by atoms with van der Waals surface area (Å²) in [5.41, 5.74) is -0.792. The molecule has 2 rings (SSSR count). The van der Waals surface area contributed by atoms with E-state index in [0.29, 0.717) is 38.4 Å². The fraction of sp³-hybridized carbons (Fsp3) is 0.600. The van der Waals surface area contributed by atoms with E-state index < -0.39 is 11.5 Å². The minimum Gasteiger partial charge on any atom is -0.388 e. The SMILES string of the molecule is OC1(CNc2cc(F)ncn2)CCOCC1. The van der Waals surface area contributed by atoms with Crippen molar-refractivity contribution in [1.29, 1.82) is 0 Å². The highest BCUT2D eigenvalue weighted by atomic mass is 19.1. The second kappa shape index (κ2) is 4.71. The van der Waals surface area contributed by atoms with E-state index >= 15 is 0 Å². The van der Waals surface area contributed by atoms with E-state index in [1.807, 2.05) is 0 Å². The first-order chi connectivity index (χ1) is 7.68. The van der Waals surface area contributed by atoms with Crippen LogP contribution in [-0.4, -0.2) is 40.4 Å². The quantitative estimate of drug-likeness (QED) is 0.739. The van der Waals surface area contributed by atoms with Gasteiger partial charge in [0, 0.05) is 38.7 Å². The number of hydrogen-bond donors (Lipinski definition) is 2. The first-order valence-electron chi connectivity index (χ1n) is 5.20. The Kier molecular flexibility index (Phi) is 3.31. The number of aromatic nitrogens is 2. The normalized spacial score (nSPS) is 19.4. The van der Waals surface area contributed by atoms with E-state index in [9.17, 15) is 9.50 Å². The molecule has 0 spiro atoms. The van der Waals surface area contributed by atoms with E-state index in [1.54, 1.807) is 0 Å². The molecule has 88 valence electrons. The molecule has 1 fully saturated rings. The Hall–Kier alpha value is -1.27. The number of nitrogens with zero attached hydrogens (tertiary/aromatic N) is 2. The Labute approximate surface area is 92.7 Å². The molecule has 6 heteroatoms. The number of nitrogens with one attached hydrogen (secondary N) is 1. The van der Waals surface area contributed by atoms with Crippen LogP contribution in [0.5, 0.6) is 0 Å². The third-order valence-corrected chi connectivity index (χ3v) is 2.66. The molecular weight excluding hydrogens is 213 g/mol. The summed E-state index contributed by atoms with van der Waals surface area (Å²) in [7, 11) is 0. The van der Waals surface area contributed by atoms with Crippen LogP contribution in [0.3, 0.4) is 0 Å². The number of hydrogen-bond acceptors (Lipinski definition) is 5. The largest absolute Gasteiger partial charge is 0.388 e. The molecule has 0 unspecified atom stereocenters. The minimum atomic E-state index is -0.792. The van der Waals surface area contributed by atoms with Gasteiger partial charge in [-0.2, -0.15) is 4.39 Å². The zero-order valence-electron chi connectivity index (χ0n) is 8.82. The molecule has 1 aliphatic heterocycles. The summed E-state index contributed by atoms with van der Waals surface area (Å²) < 4.78 is 17.9. The van der Waals surface area contributed by atoms with Gasteiger partial charge in [0.05, 0.1) is 5.60 Å². The molecule has 2 heterocycles. The van der Waals surface area contributed by atoms with Crippen LogP contribution in [0.2, 0.25) is 0 Å². The van der Waals surface area contributed by atoms with E-state index in [-0.39, 0.29) is 0 Å². The predicted molar refractivity (Wildman–Crippen MR) is 55.5 cm³/mol. The Morgan fingerprint density at radius 1 is 1.44 bits per heavy atom. The summed E-state index contributed by atoms with van der Waals surface area (Å²) in [6.07, 6.45) is 2.30. The van der Waals surface area contributed by atoms with Gasteiger partial charge in [0.1, 0.15) is 12.1 Å². The summed E-state index contributed by atoms with van der Waals surface area (Å²) in [5.74, 6) is -0.205. The lowest BCUT2D eigenvalue weighted by atomic mass is 9.94.